The number of ether oxygens (including phenoxy) is 3. The summed E-state index contributed by atoms with van der Waals surface area (Å²) in [5.74, 6) is 1.89. The zero-order valence-electron chi connectivity index (χ0n) is 20.3. The molecular formula is C27H35N3O4. The van der Waals surface area contributed by atoms with Crippen LogP contribution in [0.1, 0.15) is 24.6 Å². The molecule has 1 N–H and O–H groups in total. The van der Waals surface area contributed by atoms with Gasteiger partial charge in [-0.25, -0.2) is 4.68 Å². The molecule has 7 heteroatoms. The number of nitrogens with zero attached hydrogens (tertiary/aromatic N) is 3. The van der Waals surface area contributed by atoms with Crippen molar-refractivity contribution in [3.63, 3.8) is 0 Å². The minimum Gasteiger partial charge on any atom is -0.493 e. The van der Waals surface area contributed by atoms with E-state index < -0.39 is 6.10 Å². The van der Waals surface area contributed by atoms with Crippen LogP contribution in [0.2, 0.25) is 0 Å². The maximum Gasteiger partial charge on any atom is 0.227 e. The van der Waals surface area contributed by atoms with Gasteiger partial charge in [-0.05, 0) is 44.2 Å². The van der Waals surface area contributed by atoms with E-state index in [1.54, 1.807) is 13.2 Å². The Morgan fingerprint density at radius 2 is 1.82 bits per heavy atom. The van der Waals surface area contributed by atoms with E-state index in [1.165, 1.54) is 0 Å². The van der Waals surface area contributed by atoms with Gasteiger partial charge in [-0.15, -0.1) is 6.58 Å². The molecule has 0 saturated heterocycles. The fourth-order valence-corrected chi connectivity index (χ4v) is 3.79. The van der Waals surface area contributed by atoms with Gasteiger partial charge in [0.1, 0.15) is 0 Å². The number of aliphatic hydroxyl groups is 1. The summed E-state index contributed by atoms with van der Waals surface area (Å²) in [6.45, 7) is 10.3. The van der Waals surface area contributed by atoms with E-state index in [0.717, 1.165) is 29.9 Å². The molecule has 1 unspecified atom stereocenters. The van der Waals surface area contributed by atoms with Gasteiger partial charge in [0, 0.05) is 13.1 Å². The molecular weight excluding hydrogens is 430 g/mol. The number of aromatic nitrogens is 2. The third kappa shape index (κ3) is 6.70. The van der Waals surface area contributed by atoms with Crippen LogP contribution in [0.25, 0.3) is 5.69 Å². The van der Waals surface area contributed by atoms with Crippen LogP contribution in [0.15, 0.2) is 67.3 Å². The van der Waals surface area contributed by atoms with Gasteiger partial charge in [-0.3, -0.25) is 4.90 Å². The van der Waals surface area contributed by atoms with Crippen LogP contribution in [0.3, 0.4) is 0 Å². The third-order valence-electron chi connectivity index (χ3n) is 5.35. The highest BCUT2D eigenvalue weighted by Crippen LogP contribution is 2.36. The largest absolute Gasteiger partial charge is 0.493 e. The van der Waals surface area contributed by atoms with Crippen LogP contribution in [0, 0.1) is 6.92 Å². The molecule has 0 aliphatic rings. The predicted octanol–water partition coefficient (Wildman–Crippen LogP) is 4.76. The lowest BCUT2D eigenvalue weighted by atomic mass is 10.2. The molecule has 0 aliphatic heterocycles. The van der Waals surface area contributed by atoms with E-state index in [-0.39, 0.29) is 6.61 Å². The highest BCUT2D eigenvalue weighted by Gasteiger charge is 2.23. The Bertz CT molecular complexity index is 1040. The van der Waals surface area contributed by atoms with Crippen molar-refractivity contribution >= 4 is 0 Å². The first-order chi connectivity index (χ1) is 16.6. The Labute approximate surface area is 202 Å². The molecule has 1 heterocycles. The highest BCUT2D eigenvalue weighted by molar-refractivity contribution is 5.47. The smallest absolute Gasteiger partial charge is 0.227 e. The van der Waals surface area contributed by atoms with Crippen LogP contribution in [0.4, 0.5) is 0 Å². The molecule has 34 heavy (non-hydrogen) atoms. The molecule has 0 amide bonds. The Hall–Kier alpha value is -3.13. The minimum absolute atomic E-state index is 0.263. The quantitative estimate of drug-likeness (QED) is 0.274. The molecule has 0 bridgehead atoms. The van der Waals surface area contributed by atoms with Crippen LogP contribution >= 0.6 is 0 Å². The number of benzene rings is 2. The van der Waals surface area contributed by atoms with Crippen molar-refractivity contribution in [2.45, 2.75) is 32.9 Å². The maximum atomic E-state index is 10.5. The van der Waals surface area contributed by atoms with Crippen LogP contribution < -0.4 is 9.47 Å². The second kappa shape index (κ2) is 12.9. The Morgan fingerprint density at radius 1 is 1.12 bits per heavy atom. The van der Waals surface area contributed by atoms with Crippen molar-refractivity contribution in [2.75, 3.05) is 33.4 Å². The van der Waals surface area contributed by atoms with Gasteiger partial charge in [0.05, 0.1) is 43.4 Å². The Morgan fingerprint density at radius 3 is 2.50 bits per heavy atom. The fraction of sp³-hybridized carbons (Fsp3) is 0.370. The molecule has 3 rings (SSSR count). The number of aliphatic hydroxyl groups excluding tert-OH is 1. The molecule has 0 spiro atoms. The lowest BCUT2D eigenvalue weighted by Crippen LogP contribution is -2.35. The predicted molar refractivity (Wildman–Crippen MR) is 134 cm³/mol. The van der Waals surface area contributed by atoms with Gasteiger partial charge in [0.2, 0.25) is 5.88 Å². The molecule has 182 valence electrons. The van der Waals surface area contributed by atoms with Crippen LogP contribution in [-0.2, 0) is 11.3 Å². The monoisotopic (exact) mass is 465 g/mol. The first-order valence-electron chi connectivity index (χ1n) is 11.6. The van der Waals surface area contributed by atoms with Crippen LogP contribution in [-0.4, -0.2) is 59.3 Å². The average Bonchev–Trinajstić information content (AvgIpc) is 3.15. The summed E-state index contributed by atoms with van der Waals surface area (Å²) in [5, 5.41) is 15.3. The molecule has 2 aromatic carbocycles. The van der Waals surface area contributed by atoms with Crippen LogP contribution in [0.5, 0.6) is 17.4 Å². The van der Waals surface area contributed by atoms with Crippen molar-refractivity contribution in [3.8, 4) is 23.1 Å². The molecule has 7 nitrogen and oxygen atoms in total. The van der Waals surface area contributed by atoms with Gasteiger partial charge in [-0.2, -0.15) is 5.10 Å². The minimum atomic E-state index is -0.602. The van der Waals surface area contributed by atoms with E-state index >= 15 is 0 Å². The normalized spacial score (nSPS) is 12.0. The van der Waals surface area contributed by atoms with Crippen molar-refractivity contribution in [2.24, 2.45) is 0 Å². The number of aryl methyl sites for hydroxylation is 1. The maximum absolute atomic E-state index is 10.5. The van der Waals surface area contributed by atoms with Gasteiger partial charge in [0.25, 0.3) is 0 Å². The van der Waals surface area contributed by atoms with Gasteiger partial charge >= 0.3 is 0 Å². The van der Waals surface area contributed by atoms with Crippen molar-refractivity contribution in [3.05, 3.63) is 78.5 Å². The number of hydrogen-bond donors (Lipinski definition) is 1. The summed E-state index contributed by atoms with van der Waals surface area (Å²) in [4.78, 5) is 2.20. The zero-order valence-corrected chi connectivity index (χ0v) is 20.3. The summed E-state index contributed by atoms with van der Waals surface area (Å²) in [6.07, 6.45) is 2.03. The van der Waals surface area contributed by atoms with Crippen molar-refractivity contribution in [1.82, 2.24) is 14.7 Å². The topological polar surface area (TPSA) is 69.0 Å². The van der Waals surface area contributed by atoms with E-state index in [4.69, 9.17) is 19.3 Å². The van der Waals surface area contributed by atoms with Gasteiger partial charge < -0.3 is 19.3 Å². The van der Waals surface area contributed by atoms with Gasteiger partial charge in [-0.1, -0.05) is 43.3 Å². The average molecular weight is 466 g/mol. The SMILES string of the molecule is C=CCOCC(O)CN(CCC)Cc1c(C)nn(-c2ccccc2)c1Oc1ccccc1OC. The summed E-state index contributed by atoms with van der Waals surface area (Å²) < 4.78 is 19.2. The Balaban J connectivity index is 1.95. The number of para-hydroxylation sites is 3. The molecule has 3 aromatic rings. The third-order valence-corrected chi connectivity index (χ3v) is 5.35. The van der Waals surface area contributed by atoms with E-state index in [1.807, 2.05) is 66.2 Å². The zero-order chi connectivity index (χ0) is 24.3. The summed E-state index contributed by atoms with van der Waals surface area (Å²) in [7, 11) is 1.63. The van der Waals surface area contributed by atoms with Gasteiger partial charge in [0.15, 0.2) is 11.5 Å². The first-order valence-corrected chi connectivity index (χ1v) is 11.6. The number of hydrogen-bond acceptors (Lipinski definition) is 6. The standard InChI is InChI=1S/C27H35N3O4/c1-5-16-29(18-23(31)20-33-17-6-2)19-24-21(3)28-30(22-12-8-7-9-13-22)27(24)34-26-15-11-10-14-25(26)32-4/h6-15,23,31H,2,5,16-20H2,1,3-4H3. The second-order valence-corrected chi connectivity index (χ2v) is 8.08. The molecule has 0 fully saturated rings. The lowest BCUT2D eigenvalue weighted by molar-refractivity contribution is 0.0244. The van der Waals surface area contributed by atoms with Crippen molar-refractivity contribution in [1.29, 1.82) is 0 Å². The second-order valence-electron chi connectivity index (χ2n) is 8.08. The van der Waals surface area contributed by atoms with E-state index in [9.17, 15) is 5.11 Å². The molecule has 0 saturated carbocycles. The highest BCUT2D eigenvalue weighted by atomic mass is 16.5. The molecule has 0 aliphatic carbocycles. The molecule has 1 atom stereocenters. The van der Waals surface area contributed by atoms with E-state index in [2.05, 4.69) is 18.4 Å². The summed E-state index contributed by atoms with van der Waals surface area (Å²) in [6, 6.07) is 17.5. The summed E-state index contributed by atoms with van der Waals surface area (Å²) >= 11 is 0. The fourth-order valence-electron chi connectivity index (χ4n) is 3.79. The van der Waals surface area contributed by atoms with Crippen molar-refractivity contribution < 1.29 is 19.3 Å². The molecule has 1 aromatic heterocycles. The summed E-state index contributed by atoms with van der Waals surface area (Å²) in [5.41, 5.74) is 2.73. The number of methoxy groups -OCH3 is 1. The first kappa shape index (κ1) is 25.5. The Kier molecular flexibility index (Phi) is 9.70. The van der Waals surface area contributed by atoms with E-state index in [0.29, 0.717) is 37.1 Å². The number of rotatable bonds is 14. The lowest BCUT2D eigenvalue weighted by Gasteiger charge is -2.25. The molecule has 0 radical (unpaired) electrons.